The summed E-state index contributed by atoms with van der Waals surface area (Å²) in [7, 11) is 0. The van der Waals surface area contributed by atoms with Crippen LogP contribution in [0.4, 0.5) is 10.5 Å². The summed E-state index contributed by atoms with van der Waals surface area (Å²) >= 11 is 0. The zero-order chi connectivity index (χ0) is 14.4. The van der Waals surface area contributed by atoms with E-state index in [4.69, 9.17) is 4.74 Å². The van der Waals surface area contributed by atoms with Crippen molar-refractivity contribution in [2.24, 2.45) is 0 Å². The molecule has 1 aliphatic rings. The number of nitrogens with one attached hydrogen (secondary N) is 2. The van der Waals surface area contributed by atoms with Gasteiger partial charge < -0.3 is 20.5 Å². The van der Waals surface area contributed by atoms with Crippen LogP contribution in [0, 0.1) is 0 Å². The molecular formula is C15H22N2O3. The topological polar surface area (TPSA) is 70.6 Å². The van der Waals surface area contributed by atoms with Gasteiger partial charge in [0.15, 0.2) is 0 Å². The van der Waals surface area contributed by atoms with E-state index in [1.54, 1.807) is 6.07 Å². The highest BCUT2D eigenvalue weighted by Gasteiger charge is 2.24. The van der Waals surface area contributed by atoms with Gasteiger partial charge in [0, 0.05) is 0 Å². The predicted octanol–water partition coefficient (Wildman–Crippen LogP) is 2.51. The molecule has 3 N–H and O–H groups in total. The van der Waals surface area contributed by atoms with Crippen LogP contribution in [0.1, 0.15) is 32.6 Å². The molecule has 0 spiro atoms. The van der Waals surface area contributed by atoms with Gasteiger partial charge in [0.2, 0.25) is 0 Å². The van der Waals surface area contributed by atoms with Crippen molar-refractivity contribution in [1.82, 2.24) is 5.32 Å². The molecule has 1 fully saturated rings. The smallest absolute Gasteiger partial charge is 0.319 e. The molecule has 1 aliphatic carbocycles. The molecule has 2 rings (SSSR count). The number of amides is 2. The lowest BCUT2D eigenvalue weighted by Crippen LogP contribution is -2.46. The molecule has 1 saturated carbocycles. The van der Waals surface area contributed by atoms with Gasteiger partial charge in [-0.3, -0.25) is 0 Å². The Hall–Kier alpha value is -1.75. The number of urea groups is 1. The van der Waals surface area contributed by atoms with E-state index >= 15 is 0 Å². The average Bonchev–Trinajstić information content (AvgIpc) is 2.44. The van der Waals surface area contributed by atoms with Crippen LogP contribution in [0.25, 0.3) is 0 Å². The van der Waals surface area contributed by atoms with Crippen molar-refractivity contribution in [3.63, 3.8) is 0 Å². The quantitative estimate of drug-likeness (QED) is 0.792. The molecule has 2 amide bonds. The van der Waals surface area contributed by atoms with E-state index in [-0.39, 0.29) is 12.1 Å². The van der Waals surface area contributed by atoms with Crippen molar-refractivity contribution < 1.29 is 14.6 Å². The van der Waals surface area contributed by atoms with Crippen molar-refractivity contribution in [3.05, 3.63) is 24.3 Å². The molecule has 0 heterocycles. The third kappa shape index (κ3) is 3.87. The number of benzene rings is 1. The minimum atomic E-state index is -0.448. The molecule has 0 radical (unpaired) electrons. The molecule has 0 aromatic heterocycles. The van der Waals surface area contributed by atoms with Crippen molar-refractivity contribution in [1.29, 1.82) is 0 Å². The number of para-hydroxylation sites is 2. The number of aliphatic hydroxyl groups is 1. The molecule has 0 saturated heterocycles. The Morgan fingerprint density at radius 2 is 2.10 bits per heavy atom. The largest absolute Gasteiger partial charge is 0.492 e. The lowest BCUT2D eigenvalue weighted by molar-refractivity contribution is 0.0955. The number of ether oxygens (including phenoxy) is 1. The zero-order valence-corrected chi connectivity index (χ0v) is 11.8. The van der Waals surface area contributed by atoms with Crippen LogP contribution in [0.5, 0.6) is 5.75 Å². The summed E-state index contributed by atoms with van der Waals surface area (Å²) in [6.07, 6.45) is 3.19. The van der Waals surface area contributed by atoms with Gasteiger partial charge in [-0.15, -0.1) is 0 Å². The Morgan fingerprint density at radius 3 is 2.85 bits per heavy atom. The van der Waals surface area contributed by atoms with Crippen LogP contribution in [-0.2, 0) is 0 Å². The van der Waals surface area contributed by atoms with Gasteiger partial charge in [-0.1, -0.05) is 25.0 Å². The maximum Gasteiger partial charge on any atom is 0.319 e. The maximum absolute atomic E-state index is 12.0. The van der Waals surface area contributed by atoms with E-state index in [9.17, 15) is 9.90 Å². The van der Waals surface area contributed by atoms with E-state index in [1.165, 1.54) is 0 Å². The first-order chi connectivity index (χ1) is 9.70. The van der Waals surface area contributed by atoms with E-state index < -0.39 is 6.10 Å². The summed E-state index contributed by atoms with van der Waals surface area (Å²) in [5, 5.41) is 15.5. The summed E-state index contributed by atoms with van der Waals surface area (Å²) in [5.74, 6) is 0.648. The lowest BCUT2D eigenvalue weighted by Gasteiger charge is -2.28. The third-order valence-corrected chi connectivity index (χ3v) is 3.48. The molecule has 20 heavy (non-hydrogen) atoms. The number of aliphatic hydroxyl groups excluding tert-OH is 1. The number of hydrogen-bond donors (Lipinski definition) is 3. The van der Waals surface area contributed by atoms with Crippen molar-refractivity contribution >= 4 is 11.7 Å². The number of carbonyl (C=O) groups excluding carboxylic acids is 1. The van der Waals surface area contributed by atoms with Gasteiger partial charge in [0.1, 0.15) is 5.75 Å². The van der Waals surface area contributed by atoms with Crippen molar-refractivity contribution in [2.45, 2.75) is 44.8 Å². The number of anilines is 1. The first-order valence-corrected chi connectivity index (χ1v) is 7.18. The molecule has 0 aliphatic heterocycles. The lowest BCUT2D eigenvalue weighted by atomic mass is 9.93. The first-order valence-electron chi connectivity index (χ1n) is 7.18. The van der Waals surface area contributed by atoms with Crippen molar-refractivity contribution in [2.75, 3.05) is 11.9 Å². The first kappa shape index (κ1) is 14.7. The second kappa shape index (κ2) is 7.14. The highest BCUT2D eigenvalue weighted by atomic mass is 16.5. The van der Waals surface area contributed by atoms with Gasteiger partial charge in [0.25, 0.3) is 0 Å². The second-order valence-electron chi connectivity index (χ2n) is 4.99. The highest BCUT2D eigenvalue weighted by molar-refractivity contribution is 5.91. The fourth-order valence-electron chi connectivity index (χ4n) is 2.46. The maximum atomic E-state index is 12.0. The van der Waals surface area contributed by atoms with Gasteiger partial charge in [-0.05, 0) is 31.9 Å². The van der Waals surface area contributed by atoms with Gasteiger partial charge in [0.05, 0.1) is 24.4 Å². The van der Waals surface area contributed by atoms with Crippen LogP contribution < -0.4 is 15.4 Å². The number of hydrogen-bond acceptors (Lipinski definition) is 3. The Kier molecular flexibility index (Phi) is 5.24. The normalized spacial score (nSPS) is 22.1. The number of rotatable bonds is 4. The summed E-state index contributed by atoms with van der Waals surface area (Å²) in [6.45, 7) is 2.44. The standard InChI is InChI=1S/C15H22N2O3/c1-2-20-14-10-6-4-8-12(14)17-15(19)16-11-7-3-5-9-13(11)18/h4,6,8,10-11,13,18H,2-3,5,7,9H2,1H3,(H2,16,17,19)/t11-,13-/m0/s1. The molecular weight excluding hydrogens is 256 g/mol. The third-order valence-electron chi connectivity index (χ3n) is 3.48. The summed E-state index contributed by atoms with van der Waals surface area (Å²) < 4.78 is 5.46. The van der Waals surface area contributed by atoms with Gasteiger partial charge in [-0.2, -0.15) is 0 Å². The fraction of sp³-hybridized carbons (Fsp3) is 0.533. The molecule has 1 aromatic rings. The van der Waals surface area contributed by atoms with Gasteiger partial charge >= 0.3 is 6.03 Å². The molecule has 5 heteroatoms. The average molecular weight is 278 g/mol. The Balaban J connectivity index is 1.94. The van der Waals surface area contributed by atoms with Crippen molar-refractivity contribution in [3.8, 4) is 5.75 Å². The number of carbonyl (C=O) groups is 1. The van der Waals surface area contributed by atoms with E-state index in [1.807, 2.05) is 25.1 Å². The molecule has 0 bridgehead atoms. The van der Waals surface area contributed by atoms with Crippen LogP contribution in [-0.4, -0.2) is 29.9 Å². The monoisotopic (exact) mass is 278 g/mol. The predicted molar refractivity (Wildman–Crippen MR) is 78.0 cm³/mol. The summed E-state index contributed by atoms with van der Waals surface area (Å²) in [4.78, 5) is 12.0. The molecule has 0 unspecified atom stereocenters. The minimum absolute atomic E-state index is 0.164. The molecule has 110 valence electrons. The van der Waals surface area contributed by atoms with Crippen LogP contribution in [0.3, 0.4) is 0 Å². The highest BCUT2D eigenvalue weighted by Crippen LogP contribution is 2.24. The Bertz CT molecular complexity index is 450. The van der Waals surface area contributed by atoms with Crippen LogP contribution >= 0.6 is 0 Å². The SMILES string of the molecule is CCOc1ccccc1NC(=O)N[C@H]1CCCC[C@@H]1O. The van der Waals surface area contributed by atoms with Crippen LogP contribution in [0.15, 0.2) is 24.3 Å². The Labute approximate surface area is 119 Å². The van der Waals surface area contributed by atoms with Crippen LogP contribution in [0.2, 0.25) is 0 Å². The Morgan fingerprint density at radius 1 is 1.35 bits per heavy atom. The fourth-order valence-corrected chi connectivity index (χ4v) is 2.46. The summed E-state index contributed by atoms with van der Waals surface area (Å²) in [6, 6.07) is 6.84. The molecule has 5 nitrogen and oxygen atoms in total. The zero-order valence-electron chi connectivity index (χ0n) is 11.8. The van der Waals surface area contributed by atoms with E-state index in [0.29, 0.717) is 18.0 Å². The molecule has 2 atom stereocenters. The molecule has 1 aromatic carbocycles. The van der Waals surface area contributed by atoms with Gasteiger partial charge in [-0.25, -0.2) is 4.79 Å². The second-order valence-corrected chi connectivity index (χ2v) is 4.99. The van der Waals surface area contributed by atoms with E-state index in [0.717, 1.165) is 25.7 Å². The minimum Gasteiger partial charge on any atom is -0.492 e. The van der Waals surface area contributed by atoms with E-state index in [2.05, 4.69) is 10.6 Å². The summed E-state index contributed by atoms with van der Waals surface area (Å²) in [5.41, 5.74) is 0.636.